The number of carbonyl (C=O) groups is 2. The van der Waals surface area contributed by atoms with E-state index in [2.05, 4.69) is 10.0 Å². The zero-order valence-electron chi connectivity index (χ0n) is 18.1. The van der Waals surface area contributed by atoms with Crippen molar-refractivity contribution in [2.75, 3.05) is 11.3 Å². The van der Waals surface area contributed by atoms with Gasteiger partial charge in [-0.05, 0) is 73.0 Å². The van der Waals surface area contributed by atoms with Crippen LogP contribution < -0.4 is 10.0 Å². The number of hydrogen-bond acceptors (Lipinski definition) is 5. The Morgan fingerprint density at radius 3 is 2.27 bits per heavy atom. The molecule has 33 heavy (non-hydrogen) atoms. The fourth-order valence-electron chi connectivity index (χ4n) is 2.95. The van der Waals surface area contributed by atoms with Crippen molar-refractivity contribution in [3.05, 3.63) is 94.8 Å². The lowest BCUT2D eigenvalue weighted by molar-refractivity contribution is -0.124. The van der Waals surface area contributed by atoms with Crippen molar-refractivity contribution in [2.24, 2.45) is 0 Å². The van der Waals surface area contributed by atoms with Gasteiger partial charge in [-0.15, -0.1) is 0 Å². The molecule has 1 amide bonds. The van der Waals surface area contributed by atoms with Crippen LogP contribution in [-0.4, -0.2) is 26.9 Å². The molecule has 0 saturated carbocycles. The Morgan fingerprint density at radius 1 is 0.939 bits per heavy atom. The summed E-state index contributed by atoms with van der Waals surface area (Å²) in [6.07, 6.45) is 0. The smallest absolute Gasteiger partial charge is 0.338 e. The average Bonchev–Trinajstić information content (AvgIpc) is 2.79. The van der Waals surface area contributed by atoms with Crippen molar-refractivity contribution >= 4 is 27.6 Å². The fraction of sp³-hybridized carbons (Fsp3) is 0.167. The second-order valence-electron chi connectivity index (χ2n) is 7.43. The number of ether oxygens (including phenoxy) is 1. The van der Waals surface area contributed by atoms with E-state index in [9.17, 15) is 22.4 Å². The van der Waals surface area contributed by atoms with Crippen LogP contribution in [0.2, 0.25) is 0 Å². The van der Waals surface area contributed by atoms with Gasteiger partial charge in [0.25, 0.3) is 15.9 Å². The minimum Gasteiger partial charge on any atom is -0.452 e. The maximum absolute atomic E-state index is 12.9. The number of nitrogens with one attached hydrogen (secondary N) is 2. The monoisotopic (exact) mass is 470 g/mol. The van der Waals surface area contributed by atoms with E-state index in [1.165, 1.54) is 48.5 Å². The first-order chi connectivity index (χ1) is 15.6. The van der Waals surface area contributed by atoms with Gasteiger partial charge in [-0.2, -0.15) is 0 Å². The van der Waals surface area contributed by atoms with Crippen molar-refractivity contribution in [3.8, 4) is 0 Å². The number of esters is 1. The summed E-state index contributed by atoms with van der Waals surface area (Å²) in [4.78, 5) is 24.2. The van der Waals surface area contributed by atoms with Crippen LogP contribution in [0.25, 0.3) is 0 Å². The number of aryl methyl sites for hydroxylation is 2. The van der Waals surface area contributed by atoms with Crippen molar-refractivity contribution in [1.29, 1.82) is 0 Å². The highest BCUT2D eigenvalue weighted by molar-refractivity contribution is 7.92. The molecule has 0 aliphatic rings. The van der Waals surface area contributed by atoms with Crippen molar-refractivity contribution in [2.45, 2.75) is 25.3 Å². The van der Waals surface area contributed by atoms with Crippen LogP contribution in [0.3, 0.4) is 0 Å². The number of rotatable bonds is 8. The largest absolute Gasteiger partial charge is 0.452 e. The Kier molecular flexibility index (Phi) is 7.44. The highest BCUT2D eigenvalue weighted by atomic mass is 32.2. The van der Waals surface area contributed by atoms with Gasteiger partial charge in [-0.25, -0.2) is 17.6 Å². The second kappa shape index (κ2) is 10.3. The highest BCUT2D eigenvalue weighted by Gasteiger charge is 2.18. The molecule has 0 fully saturated rings. The van der Waals surface area contributed by atoms with Crippen molar-refractivity contribution < 1.29 is 27.1 Å². The molecule has 0 spiro atoms. The van der Waals surface area contributed by atoms with E-state index in [0.29, 0.717) is 11.1 Å². The Bertz CT molecular complexity index is 1260. The molecule has 9 heteroatoms. The molecule has 3 aromatic carbocycles. The van der Waals surface area contributed by atoms with Gasteiger partial charge < -0.3 is 10.1 Å². The summed E-state index contributed by atoms with van der Waals surface area (Å²) < 4.78 is 45.7. The zero-order chi connectivity index (χ0) is 24.0. The summed E-state index contributed by atoms with van der Waals surface area (Å²) in [5.74, 6) is -1.61. The molecule has 0 aliphatic heterocycles. The number of halogens is 1. The lowest BCUT2D eigenvalue weighted by Crippen LogP contribution is -2.28. The second-order valence-corrected chi connectivity index (χ2v) is 9.08. The first-order valence-corrected chi connectivity index (χ1v) is 11.5. The number of hydrogen-bond donors (Lipinski definition) is 2. The minimum atomic E-state index is -3.79. The summed E-state index contributed by atoms with van der Waals surface area (Å²) in [6, 6.07) is 16.5. The predicted molar refractivity (Wildman–Crippen MR) is 122 cm³/mol. The maximum Gasteiger partial charge on any atom is 0.338 e. The van der Waals surface area contributed by atoms with E-state index < -0.39 is 28.5 Å². The van der Waals surface area contributed by atoms with E-state index in [0.717, 1.165) is 5.56 Å². The molecule has 0 aromatic heterocycles. The fourth-order valence-corrected chi connectivity index (χ4v) is 4.34. The molecule has 0 heterocycles. The number of sulfonamides is 1. The Hall–Kier alpha value is -3.72. The molecule has 0 saturated heterocycles. The molecule has 0 unspecified atom stereocenters. The number of anilines is 1. The van der Waals surface area contributed by atoms with Crippen LogP contribution in [0.4, 0.5) is 10.1 Å². The van der Waals surface area contributed by atoms with Gasteiger partial charge in [-0.1, -0.05) is 24.3 Å². The summed E-state index contributed by atoms with van der Waals surface area (Å²) in [5.41, 5.74) is 2.59. The summed E-state index contributed by atoms with van der Waals surface area (Å²) in [6.45, 7) is 3.21. The minimum absolute atomic E-state index is 0.163. The highest BCUT2D eigenvalue weighted by Crippen LogP contribution is 2.21. The van der Waals surface area contributed by atoms with Gasteiger partial charge in [0.15, 0.2) is 6.61 Å². The van der Waals surface area contributed by atoms with Crippen LogP contribution in [-0.2, 0) is 26.1 Å². The molecule has 0 radical (unpaired) electrons. The molecule has 2 N–H and O–H groups in total. The van der Waals surface area contributed by atoms with Gasteiger partial charge >= 0.3 is 5.97 Å². The van der Waals surface area contributed by atoms with Crippen LogP contribution in [0, 0.1) is 19.7 Å². The SMILES string of the molecule is Cc1ccc(C)c(S(=O)(=O)Nc2ccc(C(=O)OCC(=O)NCc3ccc(F)cc3)cc2)c1. The number of carbonyl (C=O) groups excluding carboxylic acids is 2. The Balaban J connectivity index is 1.53. The zero-order valence-corrected chi connectivity index (χ0v) is 18.9. The molecule has 3 rings (SSSR count). The average molecular weight is 471 g/mol. The van der Waals surface area contributed by atoms with Crippen LogP contribution in [0.1, 0.15) is 27.0 Å². The Morgan fingerprint density at radius 2 is 1.61 bits per heavy atom. The van der Waals surface area contributed by atoms with Gasteiger partial charge in [-0.3, -0.25) is 9.52 Å². The summed E-state index contributed by atoms with van der Waals surface area (Å²) in [5, 5.41) is 2.57. The first-order valence-electron chi connectivity index (χ1n) is 10.0. The van der Waals surface area contributed by atoms with Gasteiger partial charge in [0.05, 0.1) is 10.5 Å². The van der Waals surface area contributed by atoms with E-state index in [1.54, 1.807) is 19.1 Å². The Labute approximate surface area is 191 Å². The van der Waals surface area contributed by atoms with Crippen molar-refractivity contribution in [1.82, 2.24) is 5.32 Å². The molecule has 7 nitrogen and oxygen atoms in total. The standard InChI is InChI=1S/C24H23FN2O5S/c1-16-3-4-17(2)22(13-16)33(30,31)27-21-11-7-19(8-12-21)24(29)32-15-23(28)26-14-18-5-9-20(25)10-6-18/h3-13,27H,14-15H2,1-2H3,(H,26,28). The summed E-state index contributed by atoms with van der Waals surface area (Å²) in [7, 11) is -3.79. The van der Waals surface area contributed by atoms with Crippen LogP contribution in [0.5, 0.6) is 0 Å². The maximum atomic E-state index is 12.9. The number of benzene rings is 3. The van der Waals surface area contributed by atoms with Crippen LogP contribution in [0.15, 0.2) is 71.6 Å². The van der Waals surface area contributed by atoms with Gasteiger partial charge in [0, 0.05) is 12.2 Å². The molecule has 172 valence electrons. The third-order valence-corrected chi connectivity index (χ3v) is 6.27. The number of amides is 1. The first kappa shape index (κ1) is 23.9. The molecule has 0 bridgehead atoms. The van der Waals surface area contributed by atoms with Gasteiger partial charge in [0.2, 0.25) is 0 Å². The lowest BCUT2D eigenvalue weighted by Gasteiger charge is -2.11. The van der Waals surface area contributed by atoms with Crippen molar-refractivity contribution in [3.63, 3.8) is 0 Å². The predicted octanol–water partition coefficient (Wildman–Crippen LogP) is 3.72. The quantitative estimate of drug-likeness (QED) is 0.489. The molecule has 3 aromatic rings. The molecular weight excluding hydrogens is 447 g/mol. The third-order valence-electron chi connectivity index (χ3n) is 4.74. The topological polar surface area (TPSA) is 102 Å². The van der Waals surface area contributed by atoms with E-state index in [4.69, 9.17) is 4.74 Å². The van der Waals surface area contributed by atoms with Gasteiger partial charge in [0.1, 0.15) is 5.82 Å². The van der Waals surface area contributed by atoms with E-state index >= 15 is 0 Å². The molecule has 0 atom stereocenters. The third kappa shape index (κ3) is 6.63. The van der Waals surface area contributed by atoms with E-state index in [1.807, 2.05) is 13.0 Å². The molecule has 0 aliphatic carbocycles. The van der Waals surface area contributed by atoms with Crippen LogP contribution >= 0.6 is 0 Å². The lowest BCUT2D eigenvalue weighted by atomic mass is 10.2. The molecular formula is C24H23FN2O5S. The summed E-state index contributed by atoms with van der Waals surface area (Å²) >= 11 is 0. The van der Waals surface area contributed by atoms with E-state index in [-0.39, 0.29) is 28.5 Å². The normalized spacial score (nSPS) is 11.0.